The molecule has 1 aliphatic heterocycles. The summed E-state index contributed by atoms with van der Waals surface area (Å²) in [6, 6.07) is 4.18. The van der Waals surface area contributed by atoms with Gasteiger partial charge >= 0.3 is 6.61 Å². The number of alkyl halides is 2. The van der Waals surface area contributed by atoms with Crippen LogP contribution in [0.15, 0.2) is 18.2 Å². The Bertz CT molecular complexity index is 563. The molecule has 0 aromatic heterocycles. The van der Waals surface area contributed by atoms with Gasteiger partial charge in [-0.15, -0.1) is 12.4 Å². The highest BCUT2D eigenvalue weighted by atomic mass is 35.5. The molecule has 1 aromatic carbocycles. The zero-order chi connectivity index (χ0) is 17.5. The highest BCUT2D eigenvalue weighted by Gasteiger charge is 2.27. The summed E-state index contributed by atoms with van der Waals surface area (Å²) in [4.78, 5) is 12.2. The van der Waals surface area contributed by atoms with Crippen LogP contribution in [-0.2, 0) is 16.1 Å². The molecule has 6 nitrogen and oxygen atoms in total. The monoisotopic (exact) mass is 380 g/mol. The van der Waals surface area contributed by atoms with E-state index in [1.807, 2.05) is 6.92 Å². The Labute approximate surface area is 151 Å². The highest BCUT2D eigenvalue weighted by molar-refractivity contribution is 5.85. The number of rotatable bonds is 7. The van der Waals surface area contributed by atoms with Crippen LogP contribution in [-0.4, -0.2) is 44.4 Å². The van der Waals surface area contributed by atoms with Gasteiger partial charge in [-0.25, -0.2) is 0 Å². The van der Waals surface area contributed by atoms with E-state index >= 15 is 0 Å². The molecule has 1 saturated heterocycles. The molecular formula is C16H23ClF2N2O4. The van der Waals surface area contributed by atoms with Crippen molar-refractivity contribution in [2.24, 2.45) is 0 Å². The second kappa shape index (κ2) is 10.4. The molecule has 0 radical (unpaired) electrons. The lowest BCUT2D eigenvalue weighted by Gasteiger charge is -2.29. The van der Waals surface area contributed by atoms with E-state index in [-0.39, 0.29) is 42.5 Å². The summed E-state index contributed by atoms with van der Waals surface area (Å²) in [6.07, 6.45) is -0.209. The number of carbonyl (C=O) groups is 1. The zero-order valence-corrected chi connectivity index (χ0v) is 14.9. The number of amides is 1. The van der Waals surface area contributed by atoms with Gasteiger partial charge in [0.25, 0.3) is 0 Å². The minimum absolute atomic E-state index is 0. The van der Waals surface area contributed by atoms with Gasteiger partial charge in [-0.3, -0.25) is 4.79 Å². The van der Waals surface area contributed by atoms with E-state index in [9.17, 15) is 13.6 Å². The lowest BCUT2D eigenvalue weighted by Crippen LogP contribution is -2.55. The normalized spacial score (nSPS) is 19.9. The van der Waals surface area contributed by atoms with Gasteiger partial charge in [0.15, 0.2) is 11.5 Å². The first-order valence-corrected chi connectivity index (χ1v) is 7.84. The molecule has 9 heteroatoms. The highest BCUT2D eigenvalue weighted by Crippen LogP contribution is 2.29. The minimum Gasteiger partial charge on any atom is -0.490 e. The van der Waals surface area contributed by atoms with Crippen molar-refractivity contribution >= 4 is 18.3 Å². The standard InChI is InChI=1S/C16H22F2N2O4.ClH/c1-3-22-13-8-11(4-5-12(13)24-16(17)18)9-20-15(21)14-10(2)23-7-6-19-14;/h4-5,8,10,14,16,19H,3,6-7,9H2,1-2H3,(H,20,21);1H/t10-,14+;/m1./s1. The largest absolute Gasteiger partial charge is 0.490 e. The van der Waals surface area contributed by atoms with Crippen LogP contribution in [0.1, 0.15) is 19.4 Å². The van der Waals surface area contributed by atoms with Gasteiger partial charge in [-0.05, 0) is 31.5 Å². The van der Waals surface area contributed by atoms with Crippen LogP contribution < -0.4 is 20.1 Å². The molecule has 1 amide bonds. The lowest BCUT2D eigenvalue weighted by atomic mass is 10.1. The van der Waals surface area contributed by atoms with E-state index in [2.05, 4.69) is 15.4 Å². The molecule has 0 spiro atoms. The number of hydrogen-bond acceptors (Lipinski definition) is 5. The second-order valence-corrected chi connectivity index (χ2v) is 5.32. The maximum absolute atomic E-state index is 12.4. The molecule has 0 bridgehead atoms. The fourth-order valence-corrected chi connectivity index (χ4v) is 2.45. The smallest absolute Gasteiger partial charge is 0.387 e. The van der Waals surface area contributed by atoms with E-state index < -0.39 is 12.7 Å². The van der Waals surface area contributed by atoms with Crippen LogP contribution in [0.3, 0.4) is 0 Å². The number of benzene rings is 1. The van der Waals surface area contributed by atoms with E-state index in [1.54, 1.807) is 19.1 Å². The van der Waals surface area contributed by atoms with Crippen molar-refractivity contribution < 1.29 is 27.8 Å². The quantitative estimate of drug-likeness (QED) is 0.758. The van der Waals surface area contributed by atoms with Crippen LogP contribution in [0.4, 0.5) is 8.78 Å². The van der Waals surface area contributed by atoms with E-state index in [1.165, 1.54) is 6.07 Å². The Hall–Kier alpha value is -1.64. The number of ether oxygens (including phenoxy) is 3. The molecule has 0 unspecified atom stereocenters. The fraction of sp³-hybridized carbons (Fsp3) is 0.562. The SMILES string of the molecule is CCOc1cc(CNC(=O)[C@H]2NCCO[C@@H]2C)ccc1OC(F)F.Cl. The van der Waals surface area contributed by atoms with Gasteiger partial charge < -0.3 is 24.8 Å². The Morgan fingerprint density at radius 2 is 2.20 bits per heavy atom. The number of hydrogen-bond donors (Lipinski definition) is 2. The third-order valence-corrected chi connectivity index (χ3v) is 3.59. The van der Waals surface area contributed by atoms with E-state index in [0.29, 0.717) is 19.8 Å². The summed E-state index contributed by atoms with van der Waals surface area (Å²) in [6.45, 7) is 2.42. The third-order valence-electron chi connectivity index (χ3n) is 3.59. The average molecular weight is 381 g/mol. The van der Waals surface area contributed by atoms with Gasteiger partial charge in [0, 0.05) is 13.1 Å². The van der Waals surface area contributed by atoms with Crippen molar-refractivity contribution in [3.63, 3.8) is 0 Å². The number of nitrogens with one attached hydrogen (secondary N) is 2. The minimum atomic E-state index is -2.92. The van der Waals surface area contributed by atoms with Crippen molar-refractivity contribution in [3.05, 3.63) is 23.8 Å². The molecule has 0 saturated carbocycles. The molecule has 2 N–H and O–H groups in total. The van der Waals surface area contributed by atoms with Crippen molar-refractivity contribution in [2.45, 2.75) is 39.1 Å². The Morgan fingerprint density at radius 1 is 1.44 bits per heavy atom. The van der Waals surface area contributed by atoms with Crippen molar-refractivity contribution in [1.82, 2.24) is 10.6 Å². The first-order chi connectivity index (χ1) is 11.5. The maximum Gasteiger partial charge on any atom is 0.387 e. The predicted octanol–water partition coefficient (Wildman–Crippen LogP) is 2.10. The van der Waals surface area contributed by atoms with Crippen LogP contribution in [0.25, 0.3) is 0 Å². The van der Waals surface area contributed by atoms with Crippen LogP contribution in [0, 0.1) is 0 Å². The van der Waals surface area contributed by atoms with Crippen LogP contribution in [0.5, 0.6) is 11.5 Å². The molecule has 1 aromatic rings. The Morgan fingerprint density at radius 3 is 2.84 bits per heavy atom. The van der Waals surface area contributed by atoms with Gasteiger partial charge in [0.2, 0.25) is 5.91 Å². The first kappa shape index (κ1) is 21.4. The summed E-state index contributed by atoms with van der Waals surface area (Å²) in [5.41, 5.74) is 0.720. The molecule has 1 aliphatic rings. The molecule has 25 heavy (non-hydrogen) atoms. The Balaban J connectivity index is 0.00000312. The molecule has 1 heterocycles. The molecule has 2 rings (SSSR count). The topological polar surface area (TPSA) is 68.8 Å². The number of morpholine rings is 1. The zero-order valence-electron chi connectivity index (χ0n) is 14.1. The summed E-state index contributed by atoms with van der Waals surface area (Å²) in [5, 5.41) is 5.90. The van der Waals surface area contributed by atoms with Crippen molar-refractivity contribution in [3.8, 4) is 11.5 Å². The summed E-state index contributed by atoms with van der Waals surface area (Å²) < 4.78 is 39.9. The van der Waals surface area contributed by atoms with E-state index in [4.69, 9.17) is 9.47 Å². The van der Waals surface area contributed by atoms with Gasteiger partial charge in [-0.2, -0.15) is 8.78 Å². The van der Waals surface area contributed by atoms with Gasteiger partial charge in [-0.1, -0.05) is 6.07 Å². The second-order valence-electron chi connectivity index (χ2n) is 5.32. The molecule has 142 valence electrons. The number of halogens is 3. The van der Waals surface area contributed by atoms with Gasteiger partial charge in [0.1, 0.15) is 6.04 Å². The molecular weight excluding hydrogens is 358 g/mol. The van der Waals surface area contributed by atoms with Crippen LogP contribution in [0.2, 0.25) is 0 Å². The van der Waals surface area contributed by atoms with Gasteiger partial charge in [0.05, 0.1) is 19.3 Å². The average Bonchev–Trinajstić information content (AvgIpc) is 2.55. The molecule has 1 fully saturated rings. The molecule has 2 atom stereocenters. The van der Waals surface area contributed by atoms with Crippen molar-refractivity contribution in [1.29, 1.82) is 0 Å². The fourth-order valence-electron chi connectivity index (χ4n) is 2.45. The summed E-state index contributed by atoms with van der Waals surface area (Å²) in [5.74, 6) is 0.0167. The van der Waals surface area contributed by atoms with Crippen LogP contribution >= 0.6 is 12.4 Å². The lowest BCUT2D eigenvalue weighted by molar-refractivity contribution is -0.129. The predicted molar refractivity (Wildman–Crippen MR) is 90.5 cm³/mol. The maximum atomic E-state index is 12.4. The number of carbonyl (C=O) groups excluding carboxylic acids is 1. The molecule has 0 aliphatic carbocycles. The summed E-state index contributed by atoms with van der Waals surface area (Å²) in [7, 11) is 0. The summed E-state index contributed by atoms with van der Waals surface area (Å²) >= 11 is 0. The van der Waals surface area contributed by atoms with Crippen molar-refractivity contribution in [2.75, 3.05) is 19.8 Å². The Kier molecular flexibility index (Phi) is 8.88. The first-order valence-electron chi connectivity index (χ1n) is 7.84. The van der Waals surface area contributed by atoms with E-state index in [0.717, 1.165) is 5.56 Å². The third kappa shape index (κ3) is 6.30.